The molecule has 4 aromatic rings. The molecular formula is C32H28N4O10S. The van der Waals surface area contributed by atoms with E-state index in [0.717, 1.165) is 22.0 Å². The molecule has 0 fully saturated rings. The second-order valence-corrected chi connectivity index (χ2v) is 11.1. The number of anilines is 1. The molecule has 3 aromatic carbocycles. The summed E-state index contributed by atoms with van der Waals surface area (Å²) in [6.07, 6.45) is 1.51. The molecule has 1 atom stereocenters. The number of methoxy groups -OCH3 is 2. The number of benzene rings is 3. The number of nitro groups is 1. The monoisotopic (exact) mass is 660 g/mol. The molecule has 1 aliphatic heterocycles. The van der Waals surface area contributed by atoms with Crippen molar-refractivity contribution in [2.24, 2.45) is 5.73 Å². The molecule has 5 N–H and O–H groups in total. The number of ether oxygens (including phenoxy) is 3. The summed E-state index contributed by atoms with van der Waals surface area (Å²) in [6.45, 7) is 1.53. The number of non-ortho nitro benzene ring substituents is 1. The Morgan fingerprint density at radius 2 is 1.72 bits per heavy atom. The highest BCUT2D eigenvalue weighted by Crippen LogP contribution is 2.41. The number of hydrogen-bond donors (Lipinski definition) is 4. The first-order valence-electron chi connectivity index (χ1n) is 13.9. The van der Waals surface area contributed by atoms with Gasteiger partial charge in [-0.2, -0.15) is 0 Å². The lowest BCUT2D eigenvalue weighted by Gasteiger charge is -2.28. The zero-order valence-electron chi connectivity index (χ0n) is 25.2. The summed E-state index contributed by atoms with van der Waals surface area (Å²) >= 11 is 0.910. The molecule has 1 aliphatic rings. The summed E-state index contributed by atoms with van der Waals surface area (Å²) in [4.78, 5) is 52.6. The zero-order chi connectivity index (χ0) is 34.0. The third-order valence-corrected chi connectivity index (χ3v) is 8.35. The lowest BCUT2D eigenvalue weighted by molar-refractivity contribution is -0.384. The van der Waals surface area contributed by atoms with Crippen LogP contribution in [0.5, 0.6) is 23.0 Å². The molecule has 1 aromatic heterocycles. The average Bonchev–Trinajstić information content (AvgIpc) is 3.37. The van der Waals surface area contributed by atoms with Gasteiger partial charge in [0.25, 0.3) is 17.2 Å². The van der Waals surface area contributed by atoms with Crippen molar-refractivity contribution >= 4 is 52.1 Å². The lowest BCUT2D eigenvalue weighted by atomic mass is 9.82. The van der Waals surface area contributed by atoms with Crippen molar-refractivity contribution in [1.29, 1.82) is 0 Å². The van der Waals surface area contributed by atoms with Crippen LogP contribution < -0.4 is 35.3 Å². The largest absolute Gasteiger partial charge is 0.504 e. The number of phenols is 2. The molecule has 0 aliphatic carbocycles. The molecule has 2 heterocycles. The van der Waals surface area contributed by atoms with E-state index in [1.54, 1.807) is 13.0 Å². The van der Waals surface area contributed by atoms with Crippen molar-refractivity contribution < 1.29 is 38.9 Å². The Labute approximate surface area is 270 Å². The van der Waals surface area contributed by atoms with Crippen molar-refractivity contribution in [2.75, 3.05) is 26.1 Å². The third-order valence-electron chi connectivity index (χ3n) is 7.24. The van der Waals surface area contributed by atoms with Crippen LogP contribution in [0.1, 0.15) is 24.0 Å². The van der Waals surface area contributed by atoms with Crippen LogP contribution in [-0.2, 0) is 14.3 Å². The Morgan fingerprint density at radius 1 is 1.04 bits per heavy atom. The van der Waals surface area contributed by atoms with Crippen LogP contribution in [0.25, 0.3) is 17.5 Å². The summed E-state index contributed by atoms with van der Waals surface area (Å²) < 4.78 is 17.0. The molecule has 242 valence electrons. The van der Waals surface area contributed by atoms with Gasteiger partial charge in [0.05, 0.1) is 47.3 Å². The van der Waals surface area contributed by atoms with Crippen molar-refractivity contribution in [3.63, 3.8) is 0 Å². The Kier molecular flexibility index (Phi) is 9.01. The van der Waals surface area contributed by atoms with Gasteiger partial charge in [0.15, 0.2) is 23.0 Å². The fourth-order valence-electron chi connectivity index (χ4n) is 5.12. The normalized spacial score (nSPS) is 14.4. The summed E-state index contributed by atoms with van der Waals surface area (Å²) in [5.74, 6) is -3.36. The predicted molar refractivity (Wildman–Crippen MR) is 173 cm³/mol. The fourth-order valence-corrected chi connectivity index (χ4v) is 6.29. The number of fused-ring (bicyclic) bond motifs is 1. The van der Waals surface area contributed by atoms with Gasteiger partial charge in [0.2, 0.25) is 0 Å². The number of carbonyl (C=O) groups is 2. The SMILES string of the molecule is CCOC(=O)C1=C(N)n2c(s/c(=C\c3ccc(O)c(OC)c3)c2=O)=C(C(=O)Nc2cccc([N+](=O)[O-])c2)C1c1ccc(O)c(OC)c1. The van der Waals surface area contributed by atoms with E-state index in [1.165, 1.54) is 68.8 Å². The first-order valence-corrected chi connectivity index (χ1v) is 14.7. The number of rotatable bonds is 9. The van der Waals surface area contributed by atoms with Crippen molar-refractivity contribution in [1.82, 2.24) is 4.57 Å². The molecule has 5 rings (SSSR count). The maximum atomic E-state index is 14.3. The summed E-state index contributed by atoms with van der Waals surface area (Å²) in [5, 5.41) is 34.4. The number of thiazole rings is 1. The number of nitrogens with two attached hydrogens (primary N) is 1. The predicted octanol–water partition coefficient (Wildman–Crippen LogP) is 2.35. The number of aromatic nitrogens is 1. The summed E-state index contributed by atoms with van der Waals surface area (Å²) in [6, 6.07) is 13.9. The standard InChI is InChI=1S/C32H28N4O10S/c1-4-46-32(41)26-25(17-9-11-21(38)23(14-17)45-3)27(29(39)34-18-6-5-7-19(15-18)36(42)43)31-35(28(26)33)30(40)24(47-31)13-16-8-10-20(37)22(12-16)44-2/h5-15,25,37-38H,4,33H2,1-3H3,(H,34,39)/b24-13-. The number of nitrogens with one attached hydrogen (secondary N) is 1. The van der Waals surface area contributed by atoms with Gasteiger partial charge in [-0.25, -0.2) is 4.79 Å². The molecule has 0 saturated heterocycles. The van der Waals surface area contributed by atoms with Crippen LogP contribution >= 0.6 is 11.3 Å². The van der Waals surface area contributed by atoms with Crippen LogP contribution in [0, 0.1) is 10.1 Å². The number of aromatic hydroxyl groups is 2. The zero-order valence-corrected chi connectivity index (χ0v) is 26.0. The van der Waals surface area contributed by atoms with Crippen molar-refractivity contribution in [3.05, 3.63) is 107 Å². The average molecular weight is 661 g/mol. The fraction of sp³-hybridized carbons (Fsp3) is 0.156. The lowest BCUT2D eigenvalue weighted by Crippen LogP contribution is -2.42. The van der Waals surface area contributed by atoms with Crippen LogP contribution in [0.2, 0.25) is 0 Å². The number of hydrogen-bond acceptors (Lipinski definition) is 12. The highest BCUT2D eigenvalue weighted by molar-refractivity contribution is 7.07. The van der Waals surface area contributed by atoms with Crippen LogP contribution in [-0.4, -0.2) is 52.4 Å². The highest BCUT2D eigenvalue weighted by Gasteiger charge is 2.39. The number of esters is 1. The molecule has 1 unspecified atom stereocenters. The van der Waals surface area contributed by atoms with Gasteiger partial charge < -0.3 is 35.5 Å². The highest BCUT2D eigenvalue weighted by atomic mass is 32.1. The quantitative estimate of drug-likeness (QED) is 0.116. The maximum Gasteiger partial charge on any atom is 0.338 e. The number of phenolic OH excluding ortho intramolecular Hbond substituents is 2. The Bertz CT molecular complexity index is 2150. The van der Waals surface area contributed by atoms with E-state index in [4.69, 9.17) is 19.9 Å². The van der Waals surface area contributed by atoms with Crippen LogP contribution in [0.4, 0.5) is 11.4 Å². The molecule has 15 heteroatoms. The van der Waals surface area contributed by atoms with E-state index in [9.17, 15) is 34.7 Å². The number of carbonyl (C=O) groups excluding carboxylic acids is 2. The molecular weight excluding hydrogens is 632 g/mol. The maximum absolute atomic E-state index is 14.3. The summed E-state index contributed by atoms with van der Waals surface area (Å²) in [7, 11) is 2.70. The van der Waals surface area contributed by atoms with E-state index < -0.39 is 28.3 Å². The van der Waals surface area contributed by atoms with Crippen molar-refractivity contribution in [2.45, 2.75) is 12.8 Å². The first kappa shape index (κ1) is 32.3. The topological polar surface area (TPSA) is 205 Å². The number of nitrogens with zero attached hydrogens (tertiary/aromatic N) is 2. The molecule has 14 nitrogen and oxygen atoms in total. The number of nitro benzene ring substituents is 1. The Hall–Kier alpha value is -6.09. The molecule has 0 bridgehead atoms. The van der Waals surface area contributed by atoms with Gasteiger partial charge in [-0.3, -0.25) is 24.3 Å². The van der Waals surface area contributed by atoms with E-state index in [2.05, 4.69) is 5.32 Å². The minimum Gasteiger partial charge on any atom is -0.504 e. The molecule has 0 radical (unpaired) electrons. The van der Waals surface area contributed by atoms with Gasteiger partial charge in [-0.05, 0) is 54.5 Å². The van der Waals surface area contributed by atoms with Gasteiger partial charge in [-0.1, -0.05) is 18.2 Å². The molecule has 47 heavy (non-hydrogen) atoms. The molecule has 0 saturated carbocycles. The third kappa shape index (κ3) is 6.11. The molecule has 1 amide bonds. The van der Waals surface area contributed by atoms with Crippen molar-refractivity contribution in [3.8, 4) is 23.0 Å². The smallest absolute Gasteiger partial charge is 0.338 e. The van der Waals surface area contributed by atoms with E-state index in [-0.39, 0.29) is 72.7 Å². The number of amides is 1. The Balaban J connectivity index is 1.85. The minimum absolute atomic E-state index is 0.0344. The van der Waals surface area contributed by atoms with E-state index in [1.807, 2.05) is 0 Å². The van der Waals surface area contributed by atoms with Gasteiger partial charge in [-0.15, -0.1) is 11.3 Å². The molecule has 0 spiro atoms. The van der Waals surface area contributed by atoms with Gasteiger partial charge in [0.1, 0.15) is 10.5 Å². The Morgan fingerprint density at radius 3 is 2.38 bits per heavy atom. The van der Waals surface area contributed by atoms with Crippen LogP contribution in [0.3, 0.4) is 0 Å². The van der Waals surface area contributed by atoms with Crippen LogP contribution in [0.15, 0.2) is 71.0 Å². The summed E-state index contributed by atoms with van der Waals surface area (Å²) in [5.41, 5.74) is 6.15. The minimum atomic E-state index is -1.25. The van der Waals surface area contributed by atoms with Gasteiger partial charge in [0, 0.05) is 17.8 Å². The first-order chi connectivity index (χ1) is 22.5. The van der Waals surface area contributed by atoms with E-state index >= 15 is 0 Å². The second kappa shape index (κ2) is 13.1. The second-order valence-electron chi connectivity index (χ2n) is 10.0. The van der Waals surface area contributed by atoms with E-state index in [0.29, 0.717) is 5.56 Å². The van der Waals surface area contributed by atoms with Gasteiger partial charge >= 0.3 is 5.97 Å².